The van der Waals surface area contributed by atoms with Crippen molar-refractivity contribution in [2.45, 2.75) is 37.7 Å². The molecule has 0 aliphatic heterocycles. The highest BCUT2D eigenvalue weighted by molar-refractivity contribution is 4.82. The zero-order valence-corrected chi connectivity index (χ0v) is 7.10. The Morgan fingerprint density at radius 2 is 2.00 bits per heavy atom. The highest BCUT2D eigenvalue weighted by Crippen LogP contribution is 2.26. The molecule has 0 aromatic heterocycles. The Labute approximate surface area is 67.7 Å². The topological polar surface area (TPSA) is 41.5 Å². The average molecular weight is 159 g/mol. The molecule has 0 atom stereocenters. The minimum atomic E-state index is -0.506. The van der Waals surface area contributed by atoms with Gasteiger partial charge in [0.15, 0.2) is 0 Å². The molecule has 2 N–H and O–H groups in total. The molecule has 0 radical (unpaired) electrons. The highest BCUT2D eigenvalue weighted by atomic mass is 16.6. The van der Waals surface area contributed by atoms with E-state index in [1.54, 1.807) is 7.11 Å². The van der Waals surface area contributed by atoms with Crippen LogP contribution in [0.3, 0.4) is 0 Å². The highest BCUT2D eigenvalue weighted by Gasteiger charge is 2.28. The van der Waals surface area contributed by atoms with E-state index in [0.717, 1.165) is 25.7 Å². The summed E-state index contributed by atoms with van der Waals surface area (Å²) in [5, 5.41) is 9.86. The fourth-order valence-corrected chi connectivity index (χ4v) is 1.59. The molecule has 0 bridgehead atoms. The van der Waals surface area contributed by atoms with E-state index in [1.165, 1.54) is 6.42 Å². The number of nitrogens with one attached hydrogen (secondary N) is 1. The van der Waals surface area contributed by atoms with E-state index in [-0.39, 0.29) is 0 Å². The van der Waals surface area contributed by atoms with Crippen LogP contribution in [-0.2, 0) is 4.84 Å². The maximum atomic E-state index is 9.86. The first-order valence-corrected chi connectivity index (χ1v) is 4.25. The molecule has 66 valence electrons. The molecule has 0 unspecified atom stereocenters. The molecule has 0 aromatic rings. The Kier molecular flexibility index (Phi) is 3.30. The van der Waals surface area contributed by atoms with Gasteiger partial charge in [0.05, 0.1) is 12.7 Å². The lowest BCUT2D eigenvalue weighted by atomic mass is 9.85. The fraction of sp³-hybridized carbons (Fsp3) is 1.00. The summed E-state index contributed by atoms with van der Waals surface area (Å²) < 4.78 is 0. The number of rotatable bonds is 3. The Hall–Kier alpha value is -0.120. The molecule has 1 aliphatic rings. The minimum Gasteiger partial charge on any atom is -0.388 e. The summed E-state index contributed by atoms with van der Waals surface area (Å²) in [6.45, 7) is 0.559. The number of hydrogen-bond donors (Lipinski definition) is 2. The van der Waals surface area contributed by atoms with Crippen LogP contribution in [-0.4, -0.2) is 24.4 Å². The van der Waals surface area contributed by atoms with Crippen LogP contribution in [0.4, 0.5) is 0 Å². The maximum Gasteiger partial charge on any atom is 0.0794 e. The maximum absolute atomic E-state index is 9.86. The molecule has 0 aromatic carbocycles. The van der Waals surface area contributed by atoms with Crippen LogP contribution in [0.15, 0.2) is 0 Å². The lowest BCUT2D eigenvalue weighted by Gasteiger charge is -2.31. The summed E-state index contributed by atoms with van der Waals surface area (Å²) in [5.41, 5.74) is 2.20. The van der Waals surface area contributed by atoms with Crippen molar-refractivity contribution < 1.29 is 9.94 Å². The summed E-state index contributed by atoms with van der Waals surface area (Å²) in [5.74, 6) is 0. The van der Waals surface area contributed by atoms with E-state index < -0.39 is 5.60 Å². The standard InChI is InChI=1S/C8H17NO2/c1-11-9-7-8(10)5-3-2-4-6-8/h9-10H,2-7H2,1H3. The average Bonchev–Trinajstić information content (AvgIpc) is 2.03. The molecular formula is C8H17NO2. The van der Waals surface area contributed by atoms with Crippen LogP contribution in [0.25, 0.3) is 0 Å². The van der Waals surface area contributed by atoms with Crippen LogP contribution < -0.4 is 5.48 Å². The van der Waals surface area contributed by atoms with Gasteiger partial charge in [-0.3, -0.25) is 0 Å². The van der Waals surface area contributed by atoms with Crippen LogP contribution in [0.5, 0.6) is 0 Å². The van der Waals surface area contributed by atoms with Gasteiger partial charge in [0.2, 0.25) is 0 Å². The normalized spacial score (nSPS) is 23.5. The second-order valence-corrected chi connectivity index (χ2v) is 3.31. The van der Waals surface area contributed by atoms with E-state index in [9.17, 15) is 5.11 Å². The van der Waals surface area contributed by atoms with Crippen molar-refractivity contribution in [2.75, 3.05) is 13.7 Å². The molecule has 0 saturated heterocycles. The summed E-state index contributed by atoms with van der Waals surface area (Å²) in [7, 11) is 1.58. The third-order valence-corrected chi connectivity index (χ3v) is 2.33. The lowest BCUT2D eigenvalue weighted by Crippen LogP contribution is -2.41. The second kappa shape index (κ2) is 4.04. The number of hydrogen-bond acceptors (Lipinski definition) is 3. The Morgan fingerprint density at radius 1 is 1.36 bits per heavy atom. The van der Waals surface area contributed by atoms with Gasteiger partial charge >= 0.3 is 0 Å². The molecule has 3 heteroatoms. The molecule has 3 nitrogen and oxygen atoms in total. The van der Waals surface area contributed by atoms with Gasteiger partial charge in [-0.05, 0) is 12.8 Å². The van der Waals surface area contributed by atoms with E-state index in [1.807, 2.05) is 0 Å². The molecule has 0 heterocycles. The van der Waals surface area contributed by atoms with Gasteiger partial charge < -0.3 is 9.94 Å². The zero-order chi connectivity index (χ0) is 8.16. The molecule has 0 amide bonds. The first-order valence-electron chi connectivity index (χ1n) is 4.25. The van der Waals surface area contributed by atoms with E-state index in [0.29, 0.717) is 6.54 Å². The number of hydroxylamine groups is 1. The first-order chi connectivity index (χ1) is 5.27. The smallest absolute Gasteiger partial charge is 0.0794 e. The second-order valence-electron chi connectivity index (χ2n) is 3.31. The molecule has 0 spiro atoms. The molecule has 1 saturated carbocycles. The molecule has 1 aliphatic carbocycles. The molecule has 1 fully saturated rings. The van der Waals surface area contributed by atoms with Crippen molar-refractivity contribution in [1.82, 2.24) is 5.48 Å². The van der Waals surface area contributed by atoms with E-state index in [2.05, 4.69) is 5.48 Å². The summed E-state index contributed by atoms with van der Waals surface area (Å²) in [6.07, 6.45) is 5.35. The largest absolute Gasteiger partial charge is 0.388 e. The zero-order valence-electron chi connectivity index (χ0n) is 7.10. The summed E-state index contributed by atoms with van der Waals surface area (Å²) >= 11 is 0. The summed E-state index contributed by atoms with van der Waals surface area (Å²) in [6, 6.07) is 0. The van der Waals surface area contributed by atoms with Crippen molar-refractivity contribution in [3.63, 3.8) is 0 Å². The van der Waals surface area contributed by atoms with Gasteiger partial charge in [-0.15, -0.1) is 0 Å². The van der Waals surface area contributed by atoms with Crippen molar-refractivity contribution in [2.24, 2.45) is 0 Å². The van der Waals surface area contributed by atoms with Gasteiger partial charge in [-0.2, -0.15) is 0 Å². The van der Waals surface area contributed by atoms with Gasteiger partial charge in [-0.25, -0.2) is 5.48 Å². The predicted molar refractivity (Wildman–Crippen MR) is 43.0 cm³/mol. The van der Waals surface area contributed by atoms with Crippen molar-refractivity contribution in [3.8, 4) is 0 Å². The van der Waals surface area contributed by atoms with E-state index >= 15 is 0 Å². The molecule has 11 heavy (non-hydrogen) atoms. The monoisotopic (exact) mass is 159 g/mol. The van der Waals surface area contributed by atoms with Crippen LogP contribution in [0.1, 0.15) is 32.1 Å². The quantitative estimate of drug-likeness (QED) is 0.599. The SMILES string of the molecule is CONCC1(O)CCCCC1. The third-order valence-electron chi connectivity index (χ3n) is 2.33. The predicted octanol–water partition coefficient (Wildman–Crippen LogP) is 0.833. The molecular weight excluding hydrogens is 142 g/mol. The Morgan fingerprint density at radius 3 is 2.55 bits per heavy atom. The Bertz CT molecular complexity index is 111. The minimum absolute atomic E-state index is 0.506. The van der Waals surface area contributed by atoms with Gasteiger partial charge in [0.1, 0.15) is 0 Å². The van der Waals surface area contributed by atoms with Crippen molar-refractivity contribution >= 4 is 0 Å². The first kappa shape index (κ1) is 8.97. The number of aliphatic hydroxyl groups is 1. The van der Waals surface area contributed by atoms with Gasteiger partial charge in [0, 0.05) is 6.54 Å². The van der Waals surface area contributed by atoms with Crippen molar-refractivity contribution in [1.29, 1.82) is 0 Å². The third kappa shape index (κ3) is 2.77. The van der Waals surface area contributed by atoms with E-state index in [4.69, 9.17) is 4.84 Å². The van der Waals surface area contributed by atoms with Gasteiger partial charge in [0.25, 0.3) is 0 Å². The lowest BCUT2D eigenvalue weighted by molar-refractivity contribution is -0.0368. The van der Waals surface area contributed by atoms with Crippen LogP contribution >= 0.6 is 0 Å². The fourth-order valence-electron chi connectivity index (χ4n) is 1.59. The van der Waals surface area contributed by atoms with Crippen LogP contribution in [0, 0.1) is 0 Å². The summed E-state index contributed by atoms with van der Waals surface area (Å²) in [4.78, 5) is 4.70. The van der Waals surface area contributed by atoms with Gasteiger partial charge in [-0.1, -0.05) is 19.3 Å². The molecule has 1 rings (SSSR count). The van der Waals surface area contributed by atoms with Crippen LogP contribution in [0.2, 0.25) is 0 Å². The Balaban J connectivity index is 2.25. The van der Waals surface area contributed by atoms with Crippen molar-refractivity contribution in [3.05, 3.63) is 0 Å².